The predicted octanol–water partition coefficient (Wildman–Crippen LogP) is 4.89. The van der Waals surface area contributed by atoms with E-state index in [4.69, 9.17) is 4.74 Å². The molecule has 0 atom stereocenters. The Hall–Kier alpha value is -3.04. The highest BCUT2D eigenvalue weighted by Crippen LogP contribution is 2.30. The van der Waals surface area contributed by atoms with E-state index in [0.29, 0.717) is 12.2 Å². The van der Waals surface area contributed by atoms with E-state index in [2.05, 4.69) is 4.74 Å². The van der Waals surface area contributed by atoms with Gasteiger partial charge in [0.2, 0.25) is 5.82 Å². The van der Waals surface area contributed by atoms with E-state index in [1.165, 1.54) is 0 Å². The second-order valence-corrected chi connectivity index (χ2v) is 4.93. The van der Waals surface area contributed by atoms with Crippen LogP contribution in [0.25, 0.3) is 6.08 Å². The molecule has 0 spiro atoms. The van der Waals surface area contributed by atoms with E-state index in [0.717, 1.165) is 25.3 Å². The highest BCUT2D eigenvalue weighted by atomic mass is 19.3. The zero-order valence-electron chi connectivity index (χ0n) is 13.3. The highest BCUT2D eigenvalue weighted by molar-refractivity contribution is 6.07. The van der Waals surface area contributed by atoms with Gasteiger partial charge in [-0.05, 0) is 30.4 Å². The third kappa shape index (κ3) is 4.21. The number of methoxy groups -OCH3 is 1. The molecule has 0 saturated heterocycles. The second-order valence-electron chi connectivity index (χ2n) is 4.93. The van der Waals surface area contributed by atoms with Gasteiger partial charge >= 0.3 is 6.61 Å². The van der Waals surface area contributed by atoms with Gasteiger partial charge < -0.3 is 9.47 Å². The zero-order valence-corrected chi connectivity index (χ0v) is 13.3. The molecule has 0 aliphatic rings. The fourth-order valence-corrected chi connectivity index (χ4v) is 2.04. The summed E-state index contributed by atoms with van der Waals surface area (Å²) in [6.45, 7) is -3.14. The van der Waals surface area contributed by atoms with Crippen LogP contribution in [0.4, 0.5) is 30.7 Å². The van der Waals surface area contributed by atoms with Crippen molar-refractivity contribution in [3.8, 4) is 11.5 Å². The lowest BCUT2D eigenvalue weighted by Gasteiger charge is -2.10. The first-order valence-electron chi connectivity index (χ1n) is 7.04. The standard InChI is InChI=1S/C17H9F7O3/c1-26-11-6-7(2-5-10(11)27-17(23)24)9(25)4-3-8-12(18)14(20)16(22)15(21)13(8)19/h2-6,17H,1H3/b4-3+. The first-order valence-corrected chi connectivity index (χ1v) is 7.04. The summed E-state index contributed by atoms with van der Waals surface area (Å²) in [6, 6.07) is 3.04. The van der Waals surface area contributed by atoms with Gasteiger partial charge in [-0.3, -0.25) is 4.79 Å². The molecule has 144 valence electrons. The monoisotopic (exact) mass is 394 g/mol. The maximum Gasteiger partial charge on any atom is 0.387 e. The van der Waals surface area contributed by atoms with Gasteiger partial charge in [-0.25, -0.2) is 22.0 Å². The van der Waals surface area contributed by atoms with E-state index in [1.54, 1.807) is 0 Å². The summed E-state index contributed by atoms with van der Waals surface area (Å²) in [4.78, 5) is 12.0. The first-order chi connectivity index (χ1) is 12.7. The molecule has 0 aliphatic carbocycles. The number of rotatable bonds is 6. The van der Waals surface area contributed by atoms with Crippen LogP contribution in [-0.4, -0.2) is 19.5 Å². The molecule has 3 nitrogen and oxygen atoms in total. The Labute approximate surface area is 147 Å². The average molecular weight is 394 g/mol. The summed E-state index contributed by atoms with van der Waals surface area (Å²) in [6.07, 6.45) is 0.968. The van der Waals surface area contributed by atoms with E-state index in [9.17, 15) is 35.5 Å². The Morgan fingerprint density at radius 1 is 0.926 bits per heavy atom. The number of hydrogen-bond acceptors (Lipinski definition) is 3. The fourth-order valence-electron chi connectivity index (χ4n) is 2.04. The van der Waals surface area contributed by atoms with Crippen molar-refractivity contribution < 1.29 is 45.0 Å². The number of halogens is 7. The number of allylic oxidation sites excluding steroid dienone is 1. The van der Waals surface area contributed by atoms with Crippen molar-refractivity contribution >= 4 is 11.9 Å². The van der Waals surface area contributed by atoms with E-state index in [1.807, 2.05) is 0 Å². The third-order valence-corrected chi connectivity index (χ3v) is 3.31. The van der Waals surface area contributed by atoms with Crippen LogP contribution >= 0.6 is 0 Å². The number of benzene rings is 2. The summed E-state index contributed by atoms with van der Waals surface area (Å²) in [5.74, 6) is -12.4. The lowest BCUT2D eigenvalue weighted by atomic mass is 10.1. The van der Waals surface area contributed by atoms with Gasteiger partial charge in [0.15, 0.2) is 40.6 Å². The Balaban J connectivity index is 2.36. The molecule has 2 aromatic carbocycles. The van der Waals surface area contributed by atoms with Gasteiger partial charge in [0.1, 0.15) is 0 Å². The molecule has 0 aliphatic heterocycles. The van der Waals surface area contributed by atoms with Crippen molar-refractivity contribution in [1.82, 2.24) is 0 Å². The number of alkyl halides is 2. The average Bonchev–Trinajstić information content (AvgIpc) is 2.64. The van der Waals surface area contributed by atoms with Crippen LogP contribution in [0.5, 0.6) is 11.5 Å². The fraction of sp³-hybridized carbons (Fsp3) is 0.118. The van der Waals surface area contributed by atoms with Crippen LogP contribution in [0.15, 0.2) is 24.3 Å². The summed E-state index contributed by atoms with van der Waals surface area (Å²) in [5.41, 5.74) is -1.47. The lowest BCUT2D eigenvalue weighted by Crippen LogP contribution is -2.05. The number of carbonyl (C=O) groups excluding carboxylic acids is 1. The minimum Gasteiger partial charge on any atom is -0.493 e. The van der Waals surface area contributed by atoms with Crippen LogP contribution < -0.4 is 9.47 Å². The van der Waals surface area contributed by atoms with E-state index >= 15 is 0 Å². The Morgan fingerprint density at radius 2 is 1.48 bits per heavy atom. The summed E-state index contributed by atoms with van der Waals surface area (Å²) < 4.78 is 99.8. The van der Waals surface area contributed by atoms with Crippen molar-refractivity contribution in [1.29, 1.82) is 0 Å². The van der Waals surface area contributed by atoms with Gasteiger partial charge in [-0.2, -0.15) is 8.78 Å². The minimum atomic E-state index is -3.14. The Morgan fingerprint density at radius 3 is 2.00 bits per heavy atom. The number of ether oxygens (including phenoxy) is 2. The first kappa shape index (κ1) is 20.3. The van der Waals surface area contributed by atoms with Gasteiger partial charge in [-0.1, -0.05) is 0 Å². The topological polar surface area (TPSA) is 35.5 Å². The van der Waals surface area contributed by atoms with Crippen LogP contribution in [0.1, 0.15) is 15.9 Å². The quantitative estimate of drug-likeness (QED) is 0.230. The normalized spacial score (nSPS) is 11.3. The molecule has 10 heteroatoms. The molecule has 0 heterocycles. The molecule has 2 aromatic rings. The molecule has 2 rings (SSSR count). The highest BCUT2D eigenvalue weighted by Gasteiger charge is 2.24. The Kier molecular flexibility index (Phi) is 6.09. The van der Waals surface area contributed by atoms with Crippen molar-refractivity contribution in [3.05, 3.63) is 64.5 Å². The third-order valence-electron chi connectivity index (χ3n) is 3.31. The van der Waals surface area contributed by atoms with Gasteiger partial charge in [-0.15, -0.1) is 0 Å². The number of hydrogen-bond donors (Lipinski definition) is 0. The predicted molar refractivity (Wildman–Crippen MR) is 79.2 cm³/mol. The largest absolute Gasteiger partial charge is 0.493 e. The van der Waals surface area contributed by atoms with Crippen molar-refractivity contribution in [3.63, 3.8) is 0 Å². The Bertz CT molecular complexity index is 881. The van der Waals surface area contributed by atoms with Gasteiger partial charge in [0.05, 0.1) is 12.7 Å². The van der Waals surface area contributed by atoms with Crippen molar-refractivity contribution in [2.45, 2.75) is 6.61 Å². The molecule has 0 aromatic heterocycles. The van der Waals surface area contributed by atoms with Crippen LogP contribution in [-0.2, 0) is 0 Å². The molecule has 0 fully saturated rings. The SMILES string of the molecule is COc1cc(C(=O)/C=C/c2c(F)c(F)c(F)c(F)c2F)ccc1OC(F)F. The van der Waals surface area contributed by atoms with Crippen LogP contribution in [0, 0.1) is 29.1 Å². The van der Waals surface area contributed by atoms with Gasteiger partial charge in [0.25, 0.3) is 0 Å². The molecular formula is C17H9F7O3. The molecule has 0 N–H and O–H groups in total. The maximum atomic E-state index is 13.6. The number of carbonyl (C=O) groups is 1. The number of ketones is 1. The summed E-state index contributed by atoms with van der Waals surface area (Å²) in [7, 11) is 1.12. The smallest absolute Gasteiger partial charge is 0.387 e. The summed E-state index contributed by atoms with van der Waals surface area (Å²) >= 11 is 0. The zero-order chi connectivity index (χ0) is 20.3. The van der Waals surface area contributed by atoms with Gasteiger partial charge in [0, 0.05) is 5.56 Å². The lowest BCUT2D eigenvalue weighted by molar-refractivity contribution is -0.0512. The van der Waals surface area contributed by atoms with Crippen molar-refractivity contribution in [2.24, 2.45) is 0 Å². The van der Waals surface area contributed by atoms with E-state index in [-0.39, 0.29) is 17.1 Å². The molecule has 27 heavy (non-hydrogen) atoms. The van der Waals surface area contributed by atoms with E-state index < -0.39 is 47.0 Å². The molecular weight excluding hydrogens is 385 g/mol. The van der Waals surface area contributed by atoms with Crippen LogP contribution in [0.2, 0.25) is 0 Å². The summed E-state index contributed by atoms with van der Waals surface area (Å²) in [5, 5.41) is 0. The minimum absolute atomic E-state index is 0.173. The second kappa shape index (κ2) is 8.11. The molecule has 0 saturated carbocycles. The molecule has 0 amide bonds. The maximum absolute atomic E-state index is 13.6. The van der Waals surface area contributed by atoms with Crippen molar-refractivity contribution in [2.75, 3.05) is 7.11 Å². The molecule has 0 radical (unpaired) electrons. The van der Waals surface area contributed by atoms with Crippen LogP contribution in [0.3, 0.4) is 0 Å². The molecule has 0 bridgehead atoms. The molecule has 0 unspecified atom stereocenters.